The smallest absolute Gasteiger partial charge is 0.328 e. The third kappa shape index (κ3) is 6.61. The molecule has 0 bridgehead atoms. The van der Waals surface area contributed by atoms with Gasteiger partial charge in [-0.3, -0.25) is 19.7 Å². The Hall–Kier alpha value is -4.92. The molecule has 1 aliphatic heterocycles. The summed E-state index contributed by atoms with van der Waals surface area (Å²) in [6, 6.07) is 14.7. The number of amides is 2. The Morgan fingerprint density at radius 2 is 1.95 bits per heavy atom. The highest BCUT2D eigenvalue weighted by Crippen LogP contribution is 2.35. The fraction of sp³-hybridized carbons (Fsp3) is 0.200. The molecule has 218 valence electrons. The zero-order valence-corrected chi connectivity index (χ0v) is 24.1. The number of benzene rings is 3. The van der Waals surface area contributed by atoms with E-state index in [1.807, 2.05) is 36.4 Å². The summed E-state index contributed by atoms with van der Waals surface area (Å²) >= 11 is 13.2. The van der Waals surface area contributed by atoms with Crippen molar-refractivity contribution >= 4 is 57.7 Å². The number of hydrogen-bond acceptors (Lipinski definition) is 5. The summed E-state index contributed by atoms with van der Waals surface area (Å²) in [5.74, 6) is -1.99. The summed E-state index contributed by atoms with van der Waals surface area (Å²) in [5, 5.41) is 20.1. The number of nitrogens with zero attached hydrogens (tertiary/aromatic N) is 4. The highest BCUT2D eigenvalue weighted by atomic mass is 35.5. The minimum atomic E-state index is -1.41. The molecule has 0 aliphatic carbocycles. The van der Waals surface area contributed by atoms with Crippen LogP contribution in [0.3, 0.4) is 0 Å². The van der Waals surface area contributed by atoms with Crippen molar-refractivity contribution in [2.75, 3.05) is 13.1 Å². The minimum Gasteiger partial charge on any atom is -0.480 e. The van der Waals surface area contributed by atoms with Gasteiger partial charge in [-0.1, -0.05) is 65.0 Å². The number of amidine groups is 1. The van der Waals surface area contributed by atoms with E-state index in [1.165, 1.54) is 0 Å². The number of carboxylic acid groups (broad SMARTS) is 1. The zero-order valence-electron chi connectivity index (χ0n) is 22.6. The van der Waals surface area contributed by atoms with E-state index in [2.05, 4.69) is 30.9 Å². The molecule has 3 aromatic carbocycles. The zero-order chi connectivity index (χ0) is 30.5. The van der Waals surface area contributed by atoms with Crippen molar-refractivity contribution in [3.8, 4) is 0 Å². The van der Waals surface area contributed by atoms with Crippen LogP contribution in [-0.4, -0.2) is 63.0 Å². The number of carbonyl (C=O) groups is 3. The molecule has 2 heterocycles. The van der Waals surface area contributed by atoms with E-state index in [-0.39, 0.29) is 46.9 Å². The molecule has 0 fully saturated rings. The largest absolute Gasteiger partial charge is 0.480 e. The van der Waals surface area contributed by atoms with Crippen molar-refractivity contribution in [3.05, 3.63) is 110 Å². The number of aliphatic carboxylic acids is 1. The number of hydrogen-bond donors (Lipinski definition) is 4. The second kappa shape index (κ2) is 12.9. The normalized spacial score (nSPS) is 13.6. The summed E-state index contributed by atoms with van der Waals surface area (Å²) in [6.45, 7) is 7.39. The lowest BCUT2D eigenvalue weighted by Crippen LogP contribution is -2.44. The molecule has 0 unspecified atom stereocenters. The van der Waals surface area contributed by atoms with Crippen LogP contribution in [0.25, 0.3) is 15.9 Å². The minimum absolute atomic E-state index is 0.0292. The number of aromatic nitrogens is 2. The molecule has 4 aromatic rings. The van der Waals surface area contributed by atoms with Gasteiger partial charge in [0, 0.05) is 30.5 Å². The maximum Gasteiger partial charge on any atom is 0.328 e. The Morgan fingerprint density at radius 1 is 1.16 bits per heavy atom. The van der Waals surface area contributed by atoms with E-state index in [9.17, 15) is 19.5 Å². The number of fused-ring (bicyclic) bond motifs is 2. The van der Waals surface area contributed by atoms with Crippen molar-refractivity contribution in [2.45, 2.75) is 25.4 Å². The van der Waals surface area contributed by atoms with Crippen LogP contribution < -0.4 is 10.7 Å². The summed E-state index contributed by atoms with van der Waals surface area (Å²) in [7, 11) is 0. The molecule has 0 spiro atoms. The maximum atomic E-state index is 13.3. The van der Waals surface area contributed by atoms with Crippen LogP contribution in [0.4, 0.5) is 0 Å². The van der Waals surface area contributed by atoms with Crippen molar-refractivity contribution < 1.29 is 19.5 Å². The van der Waals surface area contributed by atoms with E-state index < -0.39 is 17.9 Å². The van der Waals surface area contributed by atoms with Gasteiger partial charge in [-0.05, 0) is 41.3 Å². The molecule has 43 heavy (non-hydrogen) atoms. The summed E-state index contributed by atoms with van der Waals surface area (Å²) in [5.41, 5.74) is 5.91. The Labute approximate surface area is 256 Å². The van der Waals surface area contributed by atoms with Crippen molar-refractivity contribution in [1.82, 2.24) is 25.8 Å². The molecule has 0 saturated carbocycles. The first-order valence-electron chi connectivity index (χ1n) is 13.2. The van der Waals surface area contributed by atoms with Gasteiger partial charge in [-0.2, -0.15) is 16.6 Å². The molecule has 13 heteroatoms. The first-order valence-corrected chi connectivity index (χ1v) is 14.0. The van der Waals surface area contributed by atoms with Crippen LogP contribution in [0.5, 0.6) is 0 Å². The van der Waals surface area contributed by atoms with Crippen LogP contribution in [0.1, 0.15) is 37.4 Å². The summed E-state index contributed by atoms with van der Waals surface area (Å²) in [6.07, 6.45) is 2.34. The number of carbonyl (C=O) groups excluding carboxylic acids is 2. The van der Waals surface area contributed by atoms with E-state index in [0.717, 1.165) is 16.5 Å². The van der Waals surface area contributed by atoms with Gasteiger partial charge in [0.05, 0.1) is 33.9 Å². The summed E-state index contributed by atoms with van der Waals surface area (Å²) < 4.78 is 0. The highest BCUT2D eigenvalue weighted by molar-refractivity contribution is 6.40. The van der Waals surface area contributed by atoms with Crippen molar-refractivity contribution in [3.63, 3.8) is 0 Å². The average Bonchev–Trinajstić information content (AvgIpc) is 3.47. The predicted molar refractivity (Wildman–Crippen MR) is 162 cm³/mol. The second-order valence-corrected chi connectivity index (χ2v) is 10.7. The van der Waals surface area contributed by atoms with Crippen LogP contribution in [-0.2, 0) is 24.2 Å². The molecule has 11 nitrogen and oxygen atoms in total. The number of halogens is 2. The Bertz CT molecular complexity index is 1780. The molecule has 4 N–H and O–H groups in total. The molecule has 5 rings (SSSR count). The molecular formula is C30H25Cl2N7O4. The van der Waals surface area contributed by atoms with Gasteiger partial charge in [-0.25, -0.2) is 4.79 Å². The molecule has 0 radical (unpaired) electrons. The van der Waals surface area contributed by atoms with Crippen molar-refractivity contribution in [2.24, 2.45) is 4.99 Å². The maximum absolute atomic E-state index is 13.3. The molecule has 1 aliphatic rings. The van der Waals surface area contributed by atoms with E-state index in [4.69, 9.17) is 29.8 Å². The number of H-pyrrole nitrogens is 1. The number of aromatic amines is 1. The highest BCUT2D eigenvalue weighted by Gasteiger charge is 2.29. The monoisotopic (exact) mass is 617 g/mol. The lowest BCUT2D eigenvalue weighted by atomic mass is 9.96. The van der Waals surface area contributed by atoms with Crippen molar-refractivity contribution in [1.29, 1.82) is 0 Å². The lowest BCUT2D eigenvalue weighted by Gasteiger charge is -2.30. The number of nitrogens with one attached hydrogen (secondary N) is 3. The van der Waals surface area contributed by atoms with Gasteiger partial charge < -0.3 is 15.3 Å². The van der Waals surface area contributed by atoms with E-state index >= 15 is 0 Å². The molecule has 1 atom stereocenters. The molecule has 1 aromatic heterocycles. The summed E-state index contributed by atoms with van der Waals surface area (Å²) in [4.78, 5) is 47.6. The third-order valence-electron chi connectivity index (χ3n) is 7.08. The van der Waals surface area contributed by atoms with Crippen LogP contribution >= 0.6 is 23.2 Å². The molecule has 2 amide bonds. The van der Waals surface area contributed by atoms with Gasteiger partial charge in [0.2, 0.25) is 0 Å². The Kier molecular flexibility index (Phi) is 8.90. The molecule has 0 saturated heterocycles. The van der Waals surface area contributed by atoms with Crippen LogP contribution in [0, 0.1) is 6.57 Å². The fourth-order valence-corrected chi connectivity index (χ4v) is 5.65. The number of aliphatic imine (C=N–C) groups is 1. The van der Waals surface area contributed by atoms with Gasteiger partial charge in [-0.15, -0.1) is 0 Å². The van der Waals surface area contributed by atoms with E-state index in [0.29, 0.717) is 29.7 Å². The first-order chi connectivity index (χ1) is 20.7. The van der Waals surface area contributed by atoms with Crippen LogP contribution in [0.15, 0.2) is 65.8 Å². The SMILES string of the molecule is [C-]#[N+]NC(Cc1ccccc1)=NC[C@H](NC(=O)c1c(Cl)cc2c(c1Cl)CCN(C(=O)c1ccc3cn[nH]c3c1)C2)C(=O)O. The quantitative estimate of drug-likeness (QED) is 0.100. The molecular weight excluding hydrogens is 593 g/mol. The fourth-order valence-electron chi connectivity index (χ4n) is 4.89. The number of rotatable bonds is 8. The lowest BCUT2D eigenvalue weighted by molar-refractivity contribution is -0.138. The first kappa shape index (κ1) is 29.6. The van der Waals surface area contributed by atoms with Gasteiger partial charge in [0.25, 0.3) is 11.8 Å². The Balaban J connectivity index is 1.31. The van der Waals surface area contributed by atoms with Gasteiger partial charge >= 0.3 is 5.97 Å². The van der Waals surface area contributed by atoms with Crippen LogP contribution in [0.2, 0.25) is 10.0 Å². The number of carboxylic acids is 1. The standard InChI is InChI=1S/C30H25Cl2N7O4/c1-33-38-25(11-17-5-3-2-4-6-17)34-15-24(30(42)43)36-28(40)26-22(31)12-20-16-39(10-9-21(20)27(26)32)29(41)18-7-8-19-14-35-37-23(19)13-18/h2-8,12-14,24H,9-11,15-16H2,(H,34,38)(H,35,37)(H,36,40)(H,42,43)/t24-/m0/s1. The van der Waals surface area contributed by atoms with Gasteiger partial charge in [0.1, 0.15) is 6.04 Å². The average molecular weight is 618 g/mol. The van der Waals surface area contributed by atoms with Gasteiger partial charge in [0.15, 0.2) is 5.84 Å². The Morgan fingerprint density at radius 3 is 2.70 bits per heavy atom. The van der Waals surface area contributed by atoms with E-state index in [1.54, 1.807) is 29.3 Å². The third-order valence-corrected chi connectivity index (χ3v) is 7.79. The predicted octanol–water partition coefficient (Wildman–Crippen LogP) is 4.32. The topological polar surface area (TPSA) is 144 Å². The second-order valence-electron chi connectivity index (χ2n) is 9.87.